The molecule has 1 amide bonds. The zero-order chi connectivity index (χ0) is 20.0. The van der Waals surface area contributed by atoms with Gasteiger partial charge in [-0.1, -0.05) is 31.5 Å². The van der Waals surface area contributed by atoms with Gasteiger partial charge in [-0.2, -0.15) is 0 Å². The first kappa shape index (κ1) is 20.4. The van der Waals surface area contributed by atoms with Crippen molar-refractivity contribution in [2.75, 3.05) is 6.54 Å². The fourth-order valence-corrected chi connectivity index (χ4v) is 4.77. The fourth-order valence-electron chi connectivity index (χ4n) is 4.47. The number of halogens is 2. The highest BCUT2D eigenvalue weighted by Gasteiger charge is 2.61. The van der Waals surface area contributed by atoms with Crippen LogP contribution in [-0.2, 0) is 4.74 Å². The van der Waals surface area contributed by atoms with Crippen LogP contribution in [0.3, 0.4) is 0 Å². The smallest absolute Gasteiger partial charge is 0.408 e. The minimum absolute atomic E-state index is 0.293. The first-order valence-electron chi connectivity index (χ1n) is 9.66. The van der Waals surface area contributed by atoms with Gasteiger partial charge < -0.3 is 15.4 Å². The monoisotopic (exact) mass is 396 g/mol. The Bertz CT molecular complexity index is 682. The molecule has 0 spiro atoms. The van der Waals surface area contributed by atoms with Crippen LogP contribution < -0.4 is 10.6 Å². The van der Waals surface area contributed by atoms with Crippen molar-refractivity contribution in [3.63, 3.8) is 0 Å². The summed E-state index contributed by atoms with van der Waals surface area (Å²) in [5, 5.41) is 6.59. The number of carbonyl (C=O) groups excluding carboxylic acids is 1. The molecule has 0 bridgehead atoms. The van der Waals surface area contributed by atoms with Gasteiger partial charge in [-0.25, -0.2) is 9.18 Å². The second-order valence-electron chi connectivity index (χ2n) is 9.45. The SMILES string of the molecule is CC(C)(C)OC(=O)NC(CNC1C[C@@H]2[C@H](C1)C2(C)C)c1c(F)cccc1Cl. The number of nitrogens with one attached hydrogen (secondary N) is 2. The average molecular weight is 397 g/mol. The number of amides is 1. The van der Waals surface area contributed by atoms with E-state index in [1.807, 2.05) is 0 Å². The van der Waals surface area contributed by atoms with Crippen LogP contribution in [0.1, 0.15) is 59.1 Å². The third kappa shape index (κ3) is 4.57. The molecule has 4 nitrogen and oxygen atoms in total. The molecule has 2 N–H and O–H groups in total. The van der Waals surface area contributed by atoms with E-state index in [-0.39, 0.29) is 0 Å². The van der Waals surface area contributed by atoms with E-state index in [0.29, 0.717) is 28.6 Å². The molecule has 3 rings (SSSR count). The Balaban J connectivity index is 1.68. The van der Waals surface area contributed by atoms with Crippen LogP contribution in [0.5, 0.6) is 0 Å². The lowest BCUT2D eigenvalue weighted by Gasteiger charge is -2.27. The summed E-state index contributed by atoms with van der Waals surface area (Å²) in [5.74, 6) is 1.11. The highest BCUT2D eigenvalue weighted by Crippen LogP contribution is 2.66. The number of hydrogen-bond acceptors (Lipinski definition) is 3. The van der Waals surface area contributed by atoms with Crippen LogP contribution in [0.4, 0.5) is 9.18 Å². The molecule has 27 heavy (non-hydrogen) atoms. The molecule has 4 atom stereocenters. The molecule has 0 radical (unpaired) electrons. The summed E-state index contributed by atoms with van der Waals surface area (Å²) in [6, 6.07) is 4.35. The van der Waals surface area contributed by atoms with E-state index in [1.165, 1.54) is 6.07 Å². The number of benzene rings is 1. The molecule has 0 aromatic heterocycles. The fraction of sp³-hybridized carbons (Fsp3) is 0.667. The molecular weight excluding hydrogens is 367 g/mol. The van der Waals surface area contributed by atoms with Gasteiger partial charge in [0.2, 0.25) is 0 Å². The van der Waals surface area contributed by atoms with E-state index >= 15 is 0 Å². The summed E-state index contributed by atoms with van der Waals surface area (Å²) in [4.78, 5) is 12.3. The lowest BCUT2D eigenvalue weighted by Crippen LogP contribution is -2.42. The van der Waals surface area contributed by atoms with Crippen LogP contribution in [0.15, 0.2) is 18.2 Å². The quantitative estimate of drug-likeness (QED) is 0.730. The Morgan fingerprint density at radius 1 is 1.33 bits per heavy atom. The number of carbonyl (C=O) groups is 1. The van der Waals surface area contributed by atoms with E-state index in [4.69, 9.17) is 16.3 Å². The van der Waals surface area contributed by atoms with Crippen molar-refractivity contribution in [3.05, 3.63) is 34.6 Å². The normalized spacial score (nSPS) is 27.0. The van der Waals surface area contributed by atoms with Crippen molar-refractivity contribution in [3.8, 4) is 0 Å². The molecule has 2 saturated carbocycles. The van der Waals surface area contributed by atoms with Gasteiger partial charge >= 0.3 is 6.09 Å². The summed E-state index contributed by atoms with van der Waals surface area (Å²) in [5.41, 5.74) is 0.127. The van der Waals surface area contributed by atoms with Gasteiger partial charge in [0.05, 0.1) is 6.04 Å². The minimum Gasteiger partial charge on any atom is -0.444 e. The highest BCUT2D eigenvalue weighted by molar-refractivity contribution is 6.31. The van der Waals surface area contributed by atoms with Crippen LogP contribution >= 0.6 is 11.6 Å². The van der Waals surface area contributed by atoms with E-state index in [9.17, 15) is 9.18 Å². The minimum atomic E-state index is -0.626. The standard InChI is InChI=1S/C21H30ClFN2O2/c1-20(2,3)27-19(26)25-17(18-15(22)7-6-8-16(18)23)11-24-12-9-13-14(10-12)21(13,4)5/h6-8,12-14,17,24H,9-11H2,1-5H3,(H,25,26)/t12?,13-,14+,17?. The molecule has 6 heteroatoms. The largest absolute Gasteiger partial charge is 0.444 e. The van der Waals surface area contributed by atoms with E-state index in [1.54, 1.807) is 32.9 Å². The first-order valence-corrected chi connectivity index (χ1v) is 10.0. The predicted octanol–water partition coefficient (Wildman–Crippen LogP) is 5.07. The topological polar surface area (TPSA) is 50.4 Å². The zero-order valence-electron chi connectivity index (χ0n) is 16.7. The highest BCUT2D eigenvalue weighted by atomic mass is 35.5. The molecule has 1 aromatic rings. The number of ether oxygens (including phenoxy) is 1. The summed E-state index contributed by atoms with van der Waals surface area (Å²) >= 11 is 6.24. The van der Waals surface area contributed by atoms with E-state index in [2.05, 4.69) is 24.5 Å². The number of alkyl carbamates (subject to hydrolysis) is 1. The molecule has 2 unspecified atom stereocenters. The molecule has 0 saturated heterocycles. The maximum atomic E-state index is 14.5. The summed E-state index contributed by atoms with van der Waals surface area (Å²) in [6.45, 7) is 10.4. The average Bonchev–Trinajstić information content (AvgIpc) is 2.88. The van der Waals surface area contributed by atoms with Crippen molar-refractivity contribution in [1.82, 2.24) is 10.6 Å². The number of hydrogen-bond donors (Lipinski definition) is 2. The molecule has 0 heterocycles. The Morgan fingerprint density at radius 2 is 1.96 bits per heavy atom. The molecule has 0 aliphatic heterocycles. The lowest BCUT2D eigenvalue weighted by molar-refractivity contribution is 0.0501. The van der Waals surface area contributed by atoms with Crippen molar-refractivity contribution >= 4 is 17.7 Å². The molecule has 2 fully saturated rings. The van der Waals surface area contributed by atoms with Crippen LogP contribution in [-0.4, -0.2) is 24.3 Å². The maximum Gasteiger partial charge on any atom is 0.408 e. The van der Waals surface area contributed by atoms with E-state index < -0.39 is 23.6 Å². The van der Waals surface area contributed by atoms with Crippen molar-refractivity contribution in [2.45, 2.75) is 65.1 Å². The lowest BCUT2D eigenvalue weighted by atomic mass is 9.97. The van der Waals surface area contributed by atoms with Gasteiger partial charge in [0.1, 0.15) is 11.4 Å². The zero-order valence-corrected chi connectivity index (χ0v) is 17.5. The summed E-state index contributed by atoms with van der Waals surface area (Å²) in [7, 11) is 0. The number of fused-ring (bicyclic) bond motifs is 1. The third-order valence-electron chi connectivity index (χ3n) is 6.01. The predicted molar refractivity (Wildman–Crippen MR) is 105 cm³/mol. The molecular formula is C21H30ClFN2O2. The van der Waals surface area contributed by atoms with Gasteiger partial charge in [-0.15, -0.1) is 0 Å². The van der Waals surface area contributed by atoms with Gasteiger partial charge in [-0.05, 0) is 63.0 Å². The van der Waals surface area contributed by atoms with Crippen LogP contribution in [0.2, 0.25) is 5.02 Å². The third-order valence-corrected chi connectivity index (χ3v) is 6.34. The first-order chi connectivity index (χ1) is 12.5. The molecule has 150 valence electrons. The van der Waals surface area contributed by atoms with Gasteiger partial charge in [0, 0.05) is 23.2 Å². The van der Waals surface area contributed by atoms with Gasteiger partial charge in [0.25, 0.3) is 0 Å². The Morgan fingerprint density at radius 3 is 2.52 bits per heavy atom. The van der Waals surface area contributed by atoms with Gasteiger partial charge in [0.15, 0.2) is 0 Å². The van der Waals surface area contributed by atoms with Crippen molar-refractivity contribution in [1.29, 1.82) is 0 Å². The Hall–Kier alpha value is -1.33. The van der Waals surface area contributed by atoms with Crippen LogP contribution in [0.25, 0.3) is 0 Å². The van der Waals surface area contributed by atoms with Gasteiger partial charge in [-0.3, -0.25) is 0 Å². The Kier molecular flexibility index (Phi) is 5.48. The summed E-state index contributed by atoms with van der Waals surface area (Å²) < 4.78 is 19.8. The molecule has 1 aromatic carbocycles. The van der Waals surface area contributed by atoms with E-state index in [0.717, 1.165) is 24.7 Å². The van der Waals surface area contributed by atoms with Crippen LogP contribution in [0, 0.1) is 23.1 Å². The number of rotatable bonds is 5. The van der Waals surface area contributed by atoms with Crippen molar-refractivity contribution < 1.29 is 13.9 Å². The van der Waals surface area contributed by atoms with Crippen molar-refractivity contribution in [2.24, 2.45) is 17.3 Å². The summed E-state index contributed by atoms with van der Waals surface area (Å²) in [6.07, 6.45) is 1.67. The maximum absolute atomic E-state index is 14.5. The molecule has 2 aliphatic carbocycles. The Labute approximate surface area is 166 Å². The second-order valence-corrected chi connectivity index (χ2v) is 9.85. The second kappa shape index (κ2) is 7.25. The molecule has 2 aliphatic rings.